The van der Waals surface area contributed by atoms with E-state index < -0.39 is 0 Å². The summed E-state index contributed by atoms with van der Waals surface area (Å²) in [5.41, 5.74) is 4.13. The molecular weight excluding hydrogens is 208 g/mol. The van der Waals surface area contributed by atoms with Gasteiger partial charge in [-0.05, 0) is 60.3 Å². The van der Waals surface area contributed by atoms with Crippen LogP contribution in [0.15, 0.2) is 34.9 Å². The lowest BCUT2D eigenvalue weighted by atomic mass is 10.1. The van der Waals surface area contributed by atoms with Crippen molar-refractivity contribution in [3.05, 3.63) is 34.9 Å². The van der Waals surface area contributed by atoms with Gasteiger partial charge in [0, 0.05) is 0 Å². The minimum atomic E-state index is -0.322. The maximum absolute atomic E-state index is 9.20. The second-order valence-corrected chi connectivity index (χ2v) is 5.16. The molecule has 0 rings (SSSR count). The largest absolute Gasteiger partial charge is 0.389 e. The Balaban J connectivity index is 3.88. The predicted octanol–water partition coefficient (Wildman–Crippen LogP) is 4.79. The van der Waals surface area contributed by atoms with Crippen molar-refractivity contribution in [3.8, 4) is 0 Å². The number of hydrogen-bond donors (Lipinski definition) is 1. The Bertz CT molecular complexity index is 289. The second-order valence-electron chi connectivity index (χ2n) is 5.16. The standard InChI is InChI=1S/C16H28O/c1-13(2)8-6-9-14(3)10-7-11-15(4)12-16(5)17/h8,10,12,16-17H,6-7,9,11H2,1-5H3/b14-10+,15-12+. The summed E-state index contributed by atoms with van der Waals surface area (Å²) >= 11 is 0. The lowest BCUT2D eigenvalue weighted by Gasteiger charge is -2.02. The fourth-order valence-electron chi connectivity index (χ4n) is 1.73. The van der Waals surface area contributed by atoms with E-state index in [-0.39, 0.29) is 6.10 Å². The van der Waals surface area contributed by atoms with E-state index in [0.717, 1.165) is 25.7 Å². The first-order chi connectivity index (χ1) is 7.91. The van der Waals surface area contributed by atoms with Crippen molar-refractivity contribution in [2.45, 2.75) is 66.4 Å². The number of aliphatic hydroxyl groups excluding tert-OH is 1. The van der Waals surface area contributed by atoms with Crippen LogP contribution in [0.4, 0.5) is 0 Å². The first kappa shape index (κ1) is 16.2. The Hall–Kier alpha value is -0.820. The van der Waals surface area contributed by atoms with Crippen molar-refractivity contribution >= 4 is 0 Å². The Kier molecular flexibility index (Phi) is 8.79. The summed E-state index contributed by atoms with van der Waals surface area (Å²) in [6.07, 6.45) is 10.6. The van der Waals surface area contributed by atoms with E-state index in [4.69, 9.17) is 0 Å². The van der Waals surface area contributed by atoms with Gasteiger partial charge >= 0.3 is 0 Å². The minimum Gasteiger partial charge on any atom is -0.389 e. The molecule has 0 aromatic heterocycles. The molecular formula is C16H28O. The van der Waals surface area contributed by atoms with Gasteiger partial charge in [-0.1, -0.05) is 34.9 Å². The molecule has 0 spiro atoms. The summed E-state index contributed by atoms with van der Waals surface area (Å²) in [6.45, 7) is 10.4. The van der Waals surface area contributed by atoms with Gasteiger partial charge in [-0.15, -0.1) is 0 Å². The molecule has 0 aliphatic rings. The maximum atomic E-state index is 9.20. The van der Waals surface area contributed by atoms with Crippen LogP contribution in [0.25, 0.3) is 0 Å². The molecule has 0 heterocycles. The number of aliphatic hydroxyl groups is 1. The minimum absolute atomic E-state index is 0.322. The average Bonchev–Trinajstić information content (AvgIpc) is 2.15. The first-order valence-electron chi connectivity index (χ1n) is 6.56. The fraction of sp³-hybridized carbons (Fsp3) is 0.625. The lowest BCUT2D eigenvalue weighted by molar-refractivity contribution is 0.243. The normalized spacial score (nSPS) is 14.7. The topological polar surface area (TPSA) is 20.2 Å². The molecule has 1 unspecified atom stereocenters. The number of rotatable bonds is 7. The molecule has 1 N–H and O–H groups in total. The summed E-state index contributed by atoms with van der Waals surface area (Å²) in [4.78, 5) is 0. The molecule has 1 atom stereocenters. The second kappa shape index (κ2) is 9.23. The van der Waals surface area contributed by atoms with Gasteiger partial charge in [-0.2, -0.15) is 0 Å². The van der Waals surface area contributed by atoms with Crippen LogP contribution >= 0.6 is 0 Å². The zero-order chi connectivity index (χ0) is 13.3. The highest BCUT2D eigenvalue weighted by atomic mass is 16.3. The van der Waals surface area contributed by atoms with Crippen LogP contribution in [0.1, 0.15) is 60.3 Å². The highest BCUT2D eigenvalue weighted by Crippen LogP contribution is 2.11. The highest BCUT2D eigenvalue weighted by molar-refractivity contribution is 5.06. The SMILES string of the molecule is CC(C)=CCC/C(C)=C/CC/C(C)=C/C(C)O. The summed E-state index contributed by atoms with van der Waals surface area (Å²) in [7, 11) is 0. The molecule has 0 fully saturated rings. The smallest absolute Gasteiger partial charge is 0.0695 e. The maximum Gasteiger partial charge on any atom is 0.0695 e. The summed E-state index contributed by atoms with van der Waals surface area (Å²) in [6, 6.07) is 0. The van der Waals surface area contributed by atoms with Crippen molar-refractivity contribution in [2.24, 2.45) is 0 Å². The molecule has 0 aromatic rings. The Labute approximate surface area is 107 Å². The van der Waals surface area contributed by atoms with Gasteiger partial charge in [-0.3, -0.25) is 0 Å². The van der Waals surface area contributed by atoms with Crippen LogP contribution in [-0.4, -0.2) is 11.2 Å². The van der Waals surface area contributed by atoms with Crippen molar-refractivity contribution < 1.29 is 5.11 Å². The number of hydrogen-bond acceptors (Lipinski definition) is 1. The third-order valence-electron chi connectivity index (χ3n) is 2.65. The van der Waals surface area contributed by atoms with Crippen LogP contribution in [0.3, 0.4) is 0 Å². The highest BCUT2D eigenvalue weighted by Gasteiger charge is 1.94. The van der Waals surface area contributed by atoms with Crippen molar-refractivity contribution in [2.75, 3.05) is 0 Å². The van der Waals surface area contributed by atoms with Gasteiger partial charge < -0.3 is 5.11 Å². The monoisotopic (exact) mass is 236 g/mol. The van der Waals surface area contributed by atoms with Crippen molar-refractivity contribution in [1.29, 1.82) is 0 Å². The van der Waals surface area contributed by atoms with E-state index in [0.29, 0.717) is 0 Å². The van der Waals surface area contributed by atoms with E-state index in [9.17, 15) is 5.11 Å². The van der Waals surface area contributed by atoms with Gasteiger partial charge in [0.05, 0.1) is 6.10 Å². The Morgan fingerprint density at radius 1 is 0.941 bits per heavy atom. The third kappa shape index (κ3) is 11.4. The molecule has 0 saturated carbocycles. The molecule has 0 bridgehead atoms. The van der Waals surface area contributed by atoms with Gasteiger partial charge in [0.1, 0.15) is 0 Å². The third-order valence-corrected chi connectivity index (χ3v) is 2.65. The van der Waals surface area contributed by atoms with Crippen molar-refractivity contribution in [3.63, 3.8) is 0 Å². The molecule has 1 nitrogen and oxygen atoms in total. The number of allylic oxidation sites excluding steroid dienone is 5. The van der Waals surface area contributed by atoms with Gasteiger partial charge in [-0.25, -0.2) is 0 Å². The van der Waals surface area contributed by atoms with E-state index in [1.165, 1.54) is 16.7 Å². The molecule has 0 aliphatic carbocycles. The predicted molar refractivity (Wildman–Crippen MR) is 77.1 cm³/mol. The van der Waals surface area contributed by atoms with Gasteiger partial charge in [0.2, 0.25) is 0 Å². The molecule has 0 aromatic carbocycles. The summed E-state index contributed by atoms with van der Waals surface area (Å²) < 4.78 is 0. The average molecular weight is 236 g/mol. The molecule has 1 heteroatoms. The van der Waals surface area contributed by atoms with Crippen molar-refractivity contribution in [1.82, 2.24) is 0 Å². The Morgan fingerprint density at radius 3 is 2.00 bits per heavy atom. The van der Waals surface area contributed by atoms with E-state index in [2.05, 4.69) is 39.8 Å². The van der Waals surface area contributed by atoms with E-state index in [1.807, 2.05) is 6.08 Å². The summed E-state index contributed by atoms with van der Waals surface area (Å²) in [5.74, 6) is 0. The lowest BCUT2D eigenvalue weighted by Crippen LogP contribution is -1.94. The molecule has 0 aliphatic heterocycles. The zero-order valence-electron chi connectivity index (χ0n) is 12.1. The first-order valence-corrected chi connectivity index (χ1v) is 6.56. The van der Waals surface area contributed by atoms with Gasteiger partial charge in [0.25, 0.3) is 0 Å². The van der Waals surface area contributed by atoms with Crippen LogP contribution in [0, 0.1) is 0 Å². The van der Waals surface area contributed by atoms with E-state index in [1.54, 1.807) is 6.92 Å². The fourth-order valence-corrected chi connectivity index (χ4v) is 1.73. The molecule has 0 saturated heterocycles. The molecule has 98 valence electrons. The summed E-state index contributed by atoms with van der Waals surface area (Å²) in [5, 5.41) is 9.20. The van der Waals surface area contributed by atoms with Crippen LogP contribution in [0.5, 0.6) is 0 Å². The zero-order valence-corrected chi connectivity index (χ0v) is 12.1. The van der Waals surface area contributed by atoms with Crippen LogP contribution in [-0.2, 0) is 0 Å². The Morgan fingerprint density at radius 2 is 1.47 bits per heavy atom. The van der Waals surface area contributed by atoms with Crippen LogP contribution in [0.2, 0.25) is 0 Å². The van der Waals surface area contributed by atoms with Gasteiger partial charge in [0.15, 0.2) is 0 Å². The molecule has 0 radical (unpaired) electrons. The van der Waals surface area contributed by atoms with Crippen LogP contribution < -0.4 is 0 Å². The molecule has 0 amide bonds. The molecule has 17 heavy (non-hydrogen) atoms. The quantitative estimate of drug-likeness (QED) is 0.630. The van der Waals surface area contributed by atoms with E-state index >= 15 is 0 Å².